The summed E-state index contributed by atoms with van der Waals surface area (Å²) in [4.78, 5) is 11.3. The van der Waals surface area contributed by atoms with Crippen LogP contribution in [0.1, 0.15) is 39.9 Å². The van der Waals surface area contributed by atoms with E-state index < -0.39 is 5.97 Å². The predicted octanol–water partition coefficient (Wildman–Crippen LogP) is 4.23. The summed E-state index contributed by atoms with van der Waals surface area (Å²) in [5.74, 6) is 1.03. The second-order valence-corrected chi connectivity index (χ2v) is 6.67. The number of nitrogens with one attached hydrogen (secondary N) is 1. The molecule has 1 aliphatic heterocycles. The van der Waals surface area contributed by atoms with Gasteiger partial charge < -0.3 is 19.9 Å². The Bertz CT molecular complexity index is 890. The van der Waals surface area contributed by atoms with Gasteiger partial charge in [0.05, 0.1) is 25.8 Å². The number of fused-ring (bicyclic) bond motifs is 3. The zero-order valence-electron chi connectivity index (χ0n) is 14.7. The molecule has 134 valence electrons. The van der Waals surface area contributed by atoms with Crippen molar-refractivity contribution in [3.8, 4) is 11.5 Å². The number of carbonyl (C=O) groups is 1. The number of para-hydroxylation sites is 1. The zero-order valence-corrected chi connectivity index (χ0v) is 14.7. The smallest absolute Gasteiger partial charge is 0.335 e. The number of methoxy groups -OCH3 is 2. The third kappa shape index (κ3) is 2.51. The summed E-state index contributed by atoms with van der Waals surface area (Å²) in [6.45, 7) is 0. The normalized spacial score (nSPS) is 22.9. The molecule has 5 nitrogen and oxygen atoms in total. The molecule has 1 heterocycles. The Morgan fingerprint density at radius 3 is 2.73 bits per heavy atom. The van der Waals surface area contributed by atoms with E-state index in [1.807, 2.05) is 18.2 Å². The summed E-state index contributed by atoms with van der Waals surface area (Å²) in [5, 5.41) is 12.9. The molecule has 0 aromatic heterocycles. The summed E-state index contributed by atoms with van der Waals surface area (Å²) in [5.41, 5.74) is 3.39. The highest BCUT2D eigenvalue weighted by Gasteiger charge is 2.39. The molecule has 0 saturated heterocycles. The van der Waals surface area contributed by atoms with Crippen molar-refractivity contribution in [1.29, 1.82) is 0 Å². The van der Waals surface area contributed by atoms with Crippen molar-refractivity contribution in [1.82, 2.24) is 0 Å². The molecule has 5 heteroatoms. The predicted molar refractivity (Wildman–Crippen MR) is 99.3 cm³/mol. The third-order valence-electron chi connectivity index (χ3n) is 5.38. The molecule has 0 spiro atoms. The number of aromatic carboxylic acids is 1. The highest BCUT2D eigenvalue weighted by atomic mass is 16.5. The molecule has 26 heavy (non-hydrogen) atoms. The molecule has 2 aromatic carbocycles. The molecule has 3 atom stereocenters. The highest BCUT2D eigenvalue weighted by Crippen LogP contribution is 2.52. The van der Waals surface area contributed by atoms with Crippen LogP contribution in [0.15, 0.2) is 48.6 Å². The number of anilines is 1. The van der Waals surface area contributed by atoms with Gasteiger partial charge in [0.15, 0.2) is 11.5 Å². The summed E-state index contributed by atoms with van der Waals surface area (Å²) < 4.78 is 11.1. The molecule has 0 bridgehead atoms. The van der Waals surface area contributed by atoms with E-state index in [0.29, 0.717) is 17.2 Å². The average Bonchev–Trinajstić information content (AvgIpc) is 3.16. The van der Waals surface area contributed by atoms with Gasteiger partial charge in [-0.25, -0.2) is 4.79 Å². The van der Waals surface area contributed by atoms with Crippen LogP contribution in [0, 0.1) is 5.92 Å². The number of carboxylic acids is 1. The SMILES string of the molecule is COc1cccc([C@@H]2Nc3ccc(C(=O)O)cc3[C@@H]3C=CC[C@H]32)c1OC. The topological polar surface area (TPSA) is 67.8 Å². The second kappa shape index (κ2) is 6.41. The Labute approximate surface area is 152 Å². The molecule has 1 aliphatic carbocycles. The lowest BCUT2D eigenvalue weighted by Crippen LogP contribution is -2.29. The second-order valence-electron chi connectivity index (χ2n) is 6.67. The van der Waals surface area contributed by atoms with Crippen LogP contribution in [0.2, 0.25) is 0 Å². The van der Waals surface area contributed by atoms with Crippen molar-refractivity contribution in [2.24, 2.45) is 5.92 Å². The molecule has 4 rings (SSSR count). The number of ether oxygens (including phenoxy) is 2. The van der Waals surface area contributed by atoms with Gasteiger partial charge in [0.1, 0.15) is 0 Å². The lowest BCUT2D eigenvalue weighted by molar-refractivity contribution is 0.0696. The van der Waals surface area contributed by atoms with Crippen LogP contribution < -0.4 is 14.8 Å². The van der Waals surface area contributed by atoms with Gasteiger partial charge >= 0.3 is 5.97 Å². The Morgan fingerprint density at radius 2 is 2.00 bits per heavy atom. The first-order valence-electron chi connectivity index (χ1n) is 8.65. The van der Waals surface area contributed by atoms with Crippen molar-refractivity contribution in [3.63, 3.8) is 0 Å². The zero-order chi connectivity index (χ0) is 18.3. The maximum Gasteiger partial charge on any atom is 0.335 e. The number of hydrogen-bond acceptors (Lipinski definition) is 4. The molecule has 0 amide bonds. The number of hydrogen-bond donors (Lipinski definition) is 2. The van der Waals surface area contributed by atoms with E-state index in [1.165, 1.54) is 0 Å². The maximum atomic E-state index is 11.3. The Hall–Kier alpha value is -2.95. The van der Waals surface area contributed by atoms with Crippen LogP contribution in [0.5, 0.6) is 11.5 Å². The first-order valence-corrected chi connectivity index (χ1v) is 8.65. The minimum atomic E-state index is -0.900. The van der Waals surface area contributed by atoms with Crippen molar-refractivity contribution in [3.05, 3.63) is 65.2 Å². The van der Waals surface area contributed by atoms with E-state index in [-0.39, 0.29) is 12.0 Å². The molecule has 2 aromatic rings. The quantitative estimate of drug-likeness (QED) is 0.807. The van der Waals surface area contributed by atoms with Gasteiger partial charge in [-0.2, -0.15) is 0 Å². The van der Waals surface area contributed by atoms with Crippen molar-refractivity contribution >= 4 is 11.7 Å². The van der Waals surface area contributed by atoms with E-state index in [1.54, 1.807) is 26.4 Å². The van der Waals surface area contributed by atoms with E-state index in [0.717, 1.165) is 29.0 Å². The standard InChI is InChI=1S/C21H21NO4/c1-25-18-8-4-7-15(20(18)26-2)19-14-6-3-5-13(14)16-11-12(21(23)24)9-10-17(16)22-19/h3-5,7-11,13-14,19,22H,6H2,1-2H3,(H,23,24)/t13-,14-,19-/m1/s1. The van der Waals surface area contributed by atoms with E-state index >= 15 is 0 Å². The van der Waals surface area contributed by atoms with Crippen LogP contribution in [-0.2, 0) is 0 Å². The fraction of sp³-hybridized carbons (Fsp3) is 0.286. The first-order chi connectivity index (χ1) is 12.6. The van der Waals surface area contributed by atoms with Crippen molar-refractivity contribution in [2.75, 3.05) is 19.5 Å². The molecule has 0 saturated carbocycles. The molecule has 0 fully saturated rings. The molecular formula is C21H21NO4. The summed E-state index contributed by atoms with van der Waals surface area (Å²) >= 11 is 0. The van der Waals surface area contributed by atoms with Gasteiger partial charge in [-0.15, -0.1) is 0 Å². The summed E-state index contributed by atoms with van der Waals surface area (Å²) in [6, 6.07) is 11.3. The van der Waals surface area contributed by atoms with Gasteiger partial charge in [0, 0.05) is 17.2 Å². The van der Waals surface area contributed by atoms with Gasteiger partial charge in [0.2, 0.25) is 0 Å². The molecule has 2 aliphatic rings. The number of carboxylic acid groups (broad SMARTS) is 1. The molecular weight excluding hydrogens is 330 g/mol. The molecule has 0 radical (unpaired) electrons. The summed E-state index contributed by atoms with van der Waals surface area (Å²) in [7, 11) is 3.29. The Morgan fingerprint density at radius 1 is 1.15 bits per heavy atom. The number of rotatable bonds is 4. The lowest BCUT2D eigenvalue weighted by Gasteiger charge is -2.38. The van der Waals surface area contributed by atoms with E-state index in [2.05, 4.69) is 23.5 Å². The number of benzene rings is 2. The highest BCUT2D eigenvalue weighted by molar-refractivity contribution is 5.89. The van der Waals surface area contributed by atoms with Gasteiger partial charge in [-0.3, -0.25) is 0 Å². The van der Waals surface area contributed by atoms with Crippen LogP contribution >= 0.6 is 0 Å². The Balaban J connectivity index is 1.81. The third-order valence-corrected chi connectivity index (χ3v) is 5.38. The van der Waals surface area contributed by atoms with Crippen molar-refractivity contribution in [2.45, 2.75) is 18.4 Å². The minimum absolute atomic E-state index is 0.0585. The minimum Gasteiger partial charge on any atom is -0.493 e. The van der Waals surface area contributed by atoms with Crippen LogP contribution in [0.3, 0.4) is 0 Å². The lowest BCUT2D eigenvalue weighted by atomic mass is 9.76. The van der Waals surface area contributed by atoms with Crippen LogP contribution in [0.4, 0.5) is 5.69 Å². The summed E-state index contributed by atoms with van der Waals surface area (Å²) in [6.07, 6.45) is 5.30. The number of allylic oxidation sites excluding steroid dienone is 2. The van der Waals surface area contributed by atoms with E-state index in [4.69, 9.17) is 9.47 Å². The van der Waals surface area contributed by atoms with Gasteiger partial charge in [-0.1, -0.05) is 24.3 Å². The molecule has 2 N–H and O–H groups in total. The molecule has 0 unspecified atom stereocenters. The Kier molecular flexibility index (Phi) is 4.07. The monoisotopic (exact) mass is 351 g/mol. The van der Waals surface area contributed by atoms with Gasteiger partial charge in [0.25, 0.3) is 0 Å². The maximum absolute atomic E-state index is 11.3. The van der Waals surface area contributed by atoms with Crippen LogP contribution in [-0.4, -0.2) is 25.3 Å². The first kappa shape index (κ1) is 16.5. The average molecular weight is 351 g/mol. The largest absolute Gasteiger partial charge is 0.493 e. The fourth-order valence-electron chi connectivity index (χ4n) is 4.19. The van der Waals surface area contributed by atoms with Gasteiger partial charge in [-0.05, 0) is 42.2 Å². The van der Waals surface area contributed by atoms with Crippen molar-refractivity contribution < 1.29 is 19.4 Å². The fourth-order valence-corrected chi connectivity index (χ4v) is 4.19. The van der Waals surface area contributed by atoms with E-state index in [9.17, 15) is 9.90 Å². The van der Waals surface area contributed by atoms with Crippen LogP contribution in [0.25, 0.3) is 0 Å².